The molecular formula is C40H70O15. The van der Waals surface area contributed by atoms with Crippen LogP contribution in [0.5, 0.6) is 0 Å². The van der Waals surface area contributed by atoms with Gasteiger partial charge >= 0.3 is 0 Å². The number of rotatable bonds is 15. The monoisotopic (exact) mass is 790 g/mol. The van der Waals surface area contributed by atoms with Crippen LogP contribution in [0.1, 0.15) is 85.5 Å². The predicted octanol–water partition coefficient (Wildman–Crippen LogP) is 0.0656. The molecule has 0 spiro atoms. The second-order valence-corrected chi connectivity index (χ2v) is 18.1. The molecule has 2 aliphatic heterocycles. The molecule has 5 unspecified atom stereocenters. The van der Waals surface area contributed by atoms with Crippen molar-refractivity contribution in [2.45, 2.75) is 165 Å². The third-order valence-corrected chi connectivity index (χ3v) is 15.3. The molecule has 15 heteroatoms. The van der Waals surface area contributed by atoms with E-state index in [4.69, 9.17) is 28.4 Å². The van der Waals surface area contributed by atoms with Crippen LogP contribution in [0.4, 0.5) is 0 Å². The summed E-state index contributed by atoms with van der Waals surface area (Å²) in [5.74, 6) is 1.93. The van der Waals surface area contributed by atoms with Crippen LogP contribution in [-0.4, -0.2) is 165 Å². The quantitative estimate of drug-likeness (QED) is 0.0999. The van der Waals surface area contributed by atoms with Crippen LogP contribution in [0.3, 0.4) is 0 Å². The number of aliphatic hydroxyl groups is 9. The molecule has 0 aromatic heterocycles. The summed E-state index contributed by atoms with van der Waals surface area (Å²) < 4.78 is 36.5. The van der Waals surface area contributed by atoms with Crippen LogP contribution in [0.2, 0.25) is 0 Å². The first kappa shape index (κ1) is 44.0. The van der Waals surface area contributed by atoms with Crippen LogP contribution in [0.15, 0.2) is 0 Å². The molecule has 2 heterocycles. The molecule has 55 heavy (non-hydrogen) atoms. The fraction of sp³-hybridized carbons (Fsp3) is 1.00. The number of fused-ring (bicyclic) bond motifs is 5. The minimum atomic E-state index is -1.52. The van der Waals surface area contributed by atoms with E-state index in [1.165, 1.54) is 0 Å². The Kier molecular flexibility index (Phi) is 14.7. The molecule has 0 amide bonds. The number of aliphatic hydroxyl groups excluding tert-OH is 9. The van der Waals surface area contributed by atoms with E-state index in [0.717, 1.165) is 51.4 Å². The molecule has 0 radical (unpaired) electrons. The summed E-state index contributed by atoms with van der Waals surface area (Å²) >= 11 is 0. The van der Waals surface area contributed by atoms with Gasteiger partial charge < -0.3 is 74.4 Å². The van der Waals surface area contributed by atoms with Crippen molar-refractivity contribution < 1.29 is 74.4 Å². The van der Waals surface area contributed by atoms with Gasteiger partial charge in [0.1, 0.15) is 48.8 Å². The van der Waals surface area contributed by atoms with Crippen molar-refractivity contribution in [3.63, 3.8) is 0 Å². The Bertz CT molecular complexity index is 1210. The lowest BCUT2D eigenvalue weighted by molar-refractivity contribution is -0.305. The van der Waals surface area contributed by atoms with Crippen molar-refractivity contribution in [1.29, 1.82) is 0 Å². The van der Waals surface area contributed by atoms with Gasteiger partial charge in [0.2, 0.25) is 0 Å². The predicted molar refractivity (Wildman–Crippen MR) is 195 cm³/mol. The maximum absolute atomic E-state index is 10.9. The first-order chi connectivity index (χ1) is 26.2. The Balaban J connectivity index is 1.19. The molecule has 6 rings (SSSR count). The average molecular weight is 791 g/mol. The molecule has 4 aliphatic carbocycles. The van der Waals surface area contributed by atoms with Crippen molar-refractivity contribution in [1.82, 2.24) is 0 Å². The van der Waals surface area contributed by atoms with E-state index in [-0.39, 0.29) is 73.3 Å². The van der Waals surface area contributed by atoms with Gasteiger partial charge in [0.25, 0.3) is 0 Å². The number of hydrogen-bond donors (Lipinski definition) is 9. The third kappa shape index (κ3) is 8.43. The molecule has 0 aromatic rings. The topological polar surface area (TPSA) is 237 Å². The van der Waals surface area contributed by atoms with Crippen LogP contribution in [-0.2, 0) is 28.4 Å². The van der Waals surface area contributed by atoms with Gasteiger partial charge in [-0.05, 0) is 85.9 Å². The van der Waals surface area contributed by atoms with Gasteiger partial charge in [-0.3, -0.25) is 0 Å². The van der Waals surface area contributed by atoms with Crippen molar-refractivity contribution in [3.8, 4) is 0 Å². The van der Waals surface area contributed by atoms with Gasteiger partial charge in [0.05, 0.1) is 58.0 Å². The summed E-state index contributed by atoms with van der Waals surface area (Å²) in [6, 6.07) is 0. The molecule has 4 saturated carbocycles. The minimum Gasteiger partial charge on any atom is -0.394 e. The van der Waals surface area contributed by atoms with Crippen LogP contribution in [0.25, 0.3) is 0 Å². The summed E-state index contributed by atoms with van der Waals surface area (Å²) in [5, 5.41) is 91.9. The van der Waals surface area contributed by atoms with E-state index in [1.54, 1.807) is 0 Å². The highest BCUT2D eigenvalue weighted by molar-refractivity contribution is 5.15. The lowest BCUT2D eigenvalue weighted by Crippen LogP contribution is -2.63. The number of ether oxygens (including phenoxy) is 6. The minimum absolute atomic E-state index is 0.0283. The summed E-state index contributed by atoms with van der Waals surface area (Å²) in [6.07, 6.45) is -5.73. The van der Waals surface area contributed by atoms with E-state index >= 15 is 0 Å². The van der Waals surface area contributed by atoms with Gasteiger partial charge in [0.15, 0.2) is 12.6 Å². The second kappa shape index (κ2) is 18.3. The average Bonchev–Trinajstić information content (AvgIpc) is 3.53. The largest absolute Gasteiger partial charge is 0.394 e. The summed E-state index contributed by atoms with van der Waals surface area (Å²) in [6.45, 7) is 8.90. The molecule has 6 aliphatic rings. The first-order valence-electron chi connectivity index (χ1n) is 21.0. The van der Waals surface area contributed by atoms with E-state index in [2.05, 4.69) is 27.7 Å². The van der Waals surface area contributed by atoms with Gasteiger partial charge in [-0.2, -0.15) is 0 Å². The smallest absolute Gasteiger partial charge is 0.186 e. The third-order valence-electron chi connectivity index (χ3n) is 15.3. The lowest BCUT2D eigenvalue weighted by Gasteiger charge is -2.64. The maximum atomic E-state index is 10.9. The Labute approximate surface area is 325 Å². The van der Waals surface area contributed by atoms with Crippen LogP contribution < -0.4 is 0 Å². The molecule has 6 fully saturated rings. The van der Waals surface area contributed by atoms with Gasteiger partial charge in [-0.25, -0.2) is 0 Å². The highest BCUT2D eigenvalue weighted by Gasteiger charge is 2.66. The normalized spacial score (nSPS) is 50.6. The molecule has 2 saturated heterocycles. The van der Waals surface area contributed by atoms with Gasteiger partial charge in [0, 0.05) is 5.41 Å². The van der Waals surface area contributed by atoms with Gasteiger partial charge in [-0.1, -0.05) is 40.5 Å². The summed E-state index contributed by atoms with van der Waals surface area (Å²) in [5.41, 5.74) is -0.204. The van der Waals surface area contributed by atoms with E-state index in [0.29, 0.717) is 24.2 Å². The van der Waals surface area contributed by atoms with Crippen LogP contribution >= 0.6 is 0 Å². The van der Waals surface area contributed by atoms with Crippen molar-refractivity contribution in [3.05, 3.63) is 0 Å². The zero-order valence-electron chi connectivity index (χ0n) is 33.1. The van der Waals surface area contributed by atoms with Crippen molar-refractivity contribution in [2.24, 2.45) is 46.3 Å². The van der Waals surface area contributed by atoms with Crippen molar-refractivity contribution >= 4 is 0 Å². The molecule has 21 atom stereocenters. The molecule has 0 bridgehead atoms. The Hall–Kier alpha value is -0.600. The second-order valence-electron chi connectivity index (χ2n) is 18.1. The Morgan fingerprint density at radius 2 is 1.22 bits per heavy atom. The Morgan fingerprint density at radius 3 is 1.78 bits per heavy atom. The lowest BCUT2D eigenvalue weighted by atomic mass is 9.43. The molecular weight excluding hydrogens is 720 g/mol. The maximum Gasteiger partial charge on any atom is 0.186 e. The van der Waals surface area contributed by atoms with E-state index in [9.17, 15) is 46.0 Å². The Morgan fingerprint density at radius 1 is 0.655 bits per heavy atom. The van der Waals surface area contributed by atoms with Gasteiger partial charge in [-0.15, -0.1) is 0 Å². The zero-order valence-corrected chi connectivity index (χ0v) is 33.1. The molecule has 15 nitrogen and oxygen atoms in total. The SMILES string of the molecule is CCC[C@@H](C)[C@H]1CC[C@H]2[C@@H]3[C@H](OCCO[C@@H]4OC(CO)[C@@H](O)C(O)[C@@H]4O)C[C@@H]4C[C@H](O)CC[C@]4(C)[C@H]3C[C@H](OCCO[C@@H]3OC(CO)[C@@H](O)C(O)C3O)[C@]12C. The molecule has 0 aromatic carbocycles. The molecule has 320 valence electrons. The highest BCUT2D eigenvalue weighted by Crippen LogP contribution is 2.69. The summed E-state index contributed by atoms with van der Waals surface area (Å²) in [7, 11) is 0. The number of hydrogen-bond acceptors (Lipinski definition) is 15. The summed E-state index contributed by atoms with van der Waals surface area (Å²) in [4.78, 5) is 0. The zero-order chi connectivity index (χ0) is 39.8. The highest BCUT2D eigenvalue weighted by atomic mass is 16.7. The first-order valence-corrected chi connectivity index (χ1v) is 21.0. The van der Waals surface area contributed by atoms with E-state index < -0.39 is 74.6 Å². The van der Waals surface area contributed by atoms with Crippen LogP contribution in [0, 0.1) is 46.3 Å². The standard InChI is InChI=1S/C40H70O15/c1-5-6-20(2)23-7-8-24-30-25(17-29(40(23,24)4)51-12-14-53-38-36(49)34(47)32(45)28(19-42)55-38)39(3)10-9-22(43)15-21(39)16-26(30)50-11-13-52-37-35(48)33(46)31(44)27(18-41)54-37/h20-38,41-49H,5-19H2,1-4H3/t20-,21+,22-,23-,24+,25+,26-,27?,28?,29+,30+,31-,32-,33?,34?,35+,36?,37-,38-,39+,40-/m1/s1. The molecule has 9 N–H and O–H groups in total. The fourth-order valence-electron chi connectivity index (χ4n) is 12.3. The fourth-order valence-corrected chi connectivity index (χ4v) is 12.3. The van der Waals surface area contributed by atoms with E-state index in [1.807, 2.05) is 0 Å². The van der Waals surface area contributed by atoms with Crippen molar-refractivity contribution in [2.75, 3.05) is 39.6 Å².